The minimum Gasteiger partial charge on any atom is -0.327 e. The number of halogens is 2. The van der Waals surface area contributed by atoms with Crippen molar-refractivity contribution in [3.05, 3.63) is 46.7 Å². The standard InChI is InChI=1S/C12H10F2N4O2/c13-6-2-1-5(3-7(6)14)10-9-8(16-12(20)17-10)4-15-18-11(9)19/h1-3,10,15H,4H2,(H,18,19)(H2,16,17,20). The number of hydrogen-bond acceptors (Lipinski definition) is 3. The molecule has 0 fully saturated rings. The second kappa shape index (κ2) is 4.57. The highest BCUT2D eigenvalue weighted by molar-refractivity contribution is 5.99. The van der Waals surface area contributed by atoms with Gasteiger partial charge >= 0.3 is 6.03 Å². The molecule has 1 unspecified atom stereocenters. The molecule has 0 bridgehead atoms. The van der Waals surface area contributed by atoms with Gasteiger partial charge in [0.1, 0.15) is 0 Å². The normalized spacial score (nSPS) is 21.8. The van der Waals surface area contributed by atoms with Crippen LogP contribution in [0.4, 0.5) is 13.6 Å². The van der Waals surface area contributed by atoms with Gasteiger partial charge in [-0.3, -0.25) is 10.2 Å². The second-order valence-corrected chi connectivity index (χ2v) is 4.40. The van der Waals surface area contributed by atoms with Crippen LogP contribution in [0, 0.1) is 11.6 Å². The maximum absolute atomic E-state index is 13.3. The van der Waals surface area contributed by atoms with Crippen molar-refractivity contribution < 1.29 is 18.4 Å². The Balaban J connectivity index is 2.08. The highest BCUT2D eigenvalue weighted by Crippen LogP contribution is 2.28. The first-order chi connectivity index (χ1) is 9.56. The highest BCUT2D eigenvalue weighted by Gasteiger charge is 2.34. The van der Waals surface area contributed by atoms with E-state index in [4.69, 9.17) is 0 Å². The molecule has 6 nitrogen and oxygen atoms in total. The van der Waals surface area contributed by atoms with E-state index in [1.54, 1.807) is 0 Å². The quantitative estimate of drug-likeness (QED) is 0.593. The maximum Gasteiger partial charge on any atom is 0.319 e. The Morgan fingerprint density at radius 2 is 1.95 bits per heavy atom. The van der Waals surface area contributed by atoms with Crippen molar-refractivity contribution in [3.8, 4) is 0 Å². The number of hydrogen-bond donors (Lipinski definition) is 4. The van der Waals surface area contributed by atoms with Gasteiger partial charge in [0, 0.05) is 5.70 Å². The van der Waals surface area contributed by atoms with Gasteiger partial charge < -0.3 is 10.6 Å². The lowest BCUT2D eigenvalue weighted by atomic mass is 9.94. The summed E-state index contributed by atoms with van der Waals surface area (Å²) >= 11 is 0. The zero-order valence-corrected chi connectivity index (χ0v) is 10.1. The molecular weight excluding hydrogens is 270 g/mol. The zero-order valence-electron chi connectivity index (χ0n) is 10.1. The summed E-state index contributed by atoms with van der Waals surface area (Å²) < 4.78 is 26.3. The third-order valence-corrected chi connectivity index (χ3v) is 3.14. The molecule has 0 saturated carbocycles. The Kier molecular flexibility index (Phi) is 2.87. The van der Waals surface area contributed by atoms with Crippen LogP contribution in [0.5, 0.6) is 0 Å². The van der Waals surface area contributed by atoms with Gasteiger partial charge in [-0.2, -0.15) is 0 Å². The fourth-order valence-corrected chi connectivity index (χ4v) is 2.25. The number of carbonyl (C=O) groups excluding carboxylic acids is 2. The molecule has 2 heterocycles. The van der Waals surface area contributed by atoms with Crippen molar-refractivity contribution in [2.75, 3.05) is 6.54 Å². The second-order valence-electron chi connectivity index (χ2n) is 4.40. The number of amides is 3. The number of urea groups is 1. The van der Waals surface area contributed by atoms with Gasteiger partial charge in [0.25, 0.3) is 5.91 Å². The van der Waals surface area contributed by atoms with Crippen molar-refractivity contribution in [2.24, 2.45) is 0 Å². The highest BCUT2D eigenvalue weighted by atomic mass is 19.2. The van der Waals surface area contributed by atoms with E-state index >= 15 is 0 Å². The summed E-state index contributed by atoms with van der Waals surface area (Å²) in [6.45, 7) is 0.245. The van der Waals surface area contributed by atoms with Gasteiger partial charge in [0.2, 0.25) is 0 Å². The van der Waals surface area contributed by atoms with Crippen LogP contribution < -0.4 is 21.5 Å². The Morgan fingerprint density at radius 1 is 1.15 bits per heavy atom. The van der Waals surface area contributed by atoms with E-state index in [1.807, 2.05) is 0 Å². The van der Waals surface area contributed by atoms with Crippen LogP contribution in [0.1, 0.15) is 11.6 Å². The topological polar surface area (TPSA) is 82.3 Å². The lowest BCUT2D eigenvalue weighted by Crippen LogP contribution is -2.55. The van der Waals surface area contributed by atoms with E-state index in [9.17, 15) is 18.4 Å². The van der Waals surface area contributed by atoms with Crippen molar-refractivity contribution in [3.63, 3.8) is 0 Å². The Bertz CT molecular complexity index is 644. The average Bonchev–Trinajstić information content (AvgIpc) is 2.41. The van der Waals surface area contributed by atoms with Crippen LogP contribution >= 0.6 is 0 Å². The molecule has 104 valence electrons. The van der Waals surface area contributed by atoms with Gasteiger partial charge in [-0.05, 0) is 17.7 Å². The summed E-state index contributed by atoms with van der Waals surface area (Å²) in [5.41, 5.74) is 6.01. The Morgan fingerprint density at radius 3 is 2.70 bits per heavy atom. The first-order valence-electron chi connectivity index (χ1n) is 5.85. The van der Waals surface area contributed by atoms with Gasteiger partial charge in [-0.25, -0.2) is 19.0 Å². The first-order valence-corrected chi connectivity index (χ1v) is 5.85. The number of benzene rings is 1. The third kappa shape index (κ3) is 1.99. The van der Waals surface area contributed by atoms with Crippen molar-refractivity contribution in [1.82, 2.24) is 21.5 Å². The molecular formula is C12H10F2N4O2. The predicted octanol–water partition coefficient (Wildman–Crippen LogP) is 0.207. The van der Waals surface area contributed by atoms with Crippen molar-refractivity contribution in [2.45, 2.75) is 6.04 Å². The molecule has 0 radical (unpaired) electrons. The largest absolute Gasteiger partial charge is 0.327 e. The van der Waals surface area contributed by atoms with Gasteiger partial charge in [-0.1, -0.05) is 6.07 Å². The summed E-state index contributed by atoms with van der Waals surface area (Å²) in [5, 5.41) is 5.04. The molecule has 1 aromatic carbocycles. The maximum atomic E-state index is 13.3. The van der Waals surface area contributed by atoms with Crippen LogP contribution in [0.15, 0.2) is 29.5 Å². The summed E-state index contributed by atoms with van der Waals surface area (Å²) in [6.07, 6.45) is 0. The molecule has 0 aliphatic carbocycles. The average molecular weight is 280 g/mol. The lowest BCUT2D eigenvalue weighted by molar-refractivity contribution is -0.119. The van der Waals surface area contributed by atoms with Crippen LogP contribution in [0.3, 0.4) is 0 Å². The predicted molar refractivity (Wildman–Crippen MR) is 63.9 cm³/mol. The molecule has 1 aromatic rings. The van der Waals surface area contributed by atoms with Crippen LogP contribution in [0.2, 0.25) is 0 Å². The van der Waals surface area contributed by atoms with E-state index in [2.05, 4.69) is 21.5 Å². The lowest BCUT2D eigenvalue weighted by Gasteiger charge is -2.32. The molecule has 3 rings (SSSR count). The monoisotopic (exact) mass is 280 g/mol. The smallest absolute Gasteiger partial charge is 0.319 e. The van der Waals surface area contributed by atoms with Crippen LogP contribution in [0.25, 0.3) is 0 Å². The molecule has 1 atom stereocenters. The molecule has 20 heavy (non-hydrogen) atoms. The van der Waals surface area contributed by atoms with Crippen LogP contribution in [-0.4, -0.2) is 18.5 Å². The molecule has 2 aliphatic heterocycles. The fourth-order valence-electron chi connectivity index (χ4n) is 2.25. The van der Waals surface area contributed by atoms with E-state index in [1.165, 1.54) is 6.07 Å². The molecule has 0 aromatic heterocycles. The minimum absolute atomic E-state index is 0.245. The summed E-state index contributed by atoms with van der Waals surface area (Å²) in [4.78, 5) is 23.5. The van der Waals surface area contributed by atoms with Gasteiger partial charge in [0.05, 0.1) is 18.2 Å². The number of nitrogens with one attached hydrogen (secondary N) is 4. The number of carbonyl (C=O) groups is 2. The SMILES string of the molecule is O=C1NC2=C(C(=O)NNC2)C(c2ccc(F)c(F)c2)N1. The molecule has 8 heteroatoms. The third-order valence-electron chi connectivity index (χ3n) is 3.14. The van der Waals surface area contributed by atoms with E-state index in [0.29, 0.717) is 11.3 Å². The molecule has 2 aliphatic rings. The Labute approximate surface area is 112 Å². The summed E-state index contributed by atoms with van der Waals surface area (Å²) in [7, 11) is 0. The van der Waals surface area contributed by atoms with E-state index in [0.717, 1.165) is 12.1 Å². The molecule has 4 N–H and O–H groups in total. The fraction of sp³-hybridized carbons (Fsp3) is 0.167. The van der Waals surface area contributed by atoms with Gasteiger partial charge in [0.15, 0.2) is 11.6 Å². The summed E-state index contributed by atoms with van der Waals surface area (Å²) in [5.74, 6) is -2.46. The molecule has 0 spiro atoms. The van der Waals surface area contributed by atoms with E-state index in [-0.39, 0.29) is 12.1 Å². The van der Waals surface area contributed by atoms with Crippen molar-refractivity contribution in [1.29, 1.82) is 0 Å². The first kappa shape index (κ1) is 12.5. The van der Waals surface area contributed by atoms with Crippen LogP contribution in [-0.2, 0) is 4.79 Å². The molecule has 3 amide bonds. The summed E-state index contributed by atoms with van der Waals surface area (Å²) in [6, 6.07) is 1.92. The molecule has 0 saturated heterocycles. The zero-order chi connectivity index (χ0) is 14.3. The number of hydrazine groups is 1. The van der Waals surface area contributed by atoms with E-state index < -0.39 is 29.6 Å². The number of rotatable bonds is 1. The minimum atomic E-state index is -1.04. The van der Waals surface area contributed by atoms with Gasteiger partial charge in [-0.15, -0.1) is 0 Å². The Hall–Kier alpha value is -2.48. The van der Waals surface area contributed by atoms with Crippen molar-refractivity contribution >= 4 is 11.9 Å².